The third-order valence-corrected chi connectivity index (χ3v) is 4.93. The molecule has 0 fully saturated rings. The quantitative estimate of drug-likeness (QED) is 0.387. The Balaban J connectivity index is 1.53. The number of halogens is 1. The zero-order valence-electron chi connectivity index (χ0n) is 18.3. The molecule has 0 aliphatic carbocycles. The lowest BCUT2D eigenvalue weighted by Gasteiger charge is -2.10. The lowest BCUT2D eigenvalue weighted by atomic mass is 10.0. The van der Waals surface area contributed by atoms with Crippen LogP contribution in [-0.2, 0) is 6.54 Å². The highest BCUT2D eigenvalue weighted by molar-refractivity contribution is 5.74. The molecule has 164 valence electrons. The third-order valence-electron chi connectivity index (χ3n) is 4.93. The number of nitrogens with one attached hydrogen (secondary N) is 1. The van der Waals surface area contributed by atoms with E-state index in [2.05, 4.69) is 41.9 Å². The molecule has 0 unspecified atom stereocenters. The summed E-state index contributed by atoms with van der Waals surface area (Å²) in [6.07, 6.45) is 10.2. The Bertz CT molecular complexity index is 1320. The minimum atomic E-state index is -0.534. The minimum absolute atomic E-state index is 0.104. The van der Waals surface area contributed by atoms with Gasteiger partial charge in [0.05, 0.1) is 5.69 Å². The number of allylic oxidation sites excluding steroid dienone is 1. The predicted molar refractivity (Wildman–Crippen MR) is 129 cm³/mol. The van der Waals surface area contributed by atoms with Gasteiger partial charge in [-0.05, 0) is 44.8 Å². The molecule has 4 aromatic rings. The summed E-state index contributed by atoms with van der Waals surface area (Å²) < 4.78 is 15.2. The van der Waals surface area contributed by atoms with Crippen LogP contribution in [0.3, 0.4) is 0 Å². The first-order valence-corrected chi connectivity index (χ1v) is 10.3. The largest absolute Gasteiger partial charge is 0.363 e. The number of nitrogens with zero attached hydrogens (tertiary/aromatic N) is 6. The molecule has 7 nitrogen and oxygen atoms in total. The molecular weight excluding hydrogens is 417 g/mol. The van der Waals surface area contributed by atoms with E-state index in [-0.39, 0.29) is 11.5 Å². The molecule has 0 radical (unpaired) electrons. The number of aromatic nitrogens is 5. The average molecular weight is 439 g/mol. The molecule has 0 spiro atoms. The van der Waals surface area contributed by atoms with Gasteiger partial charge in [-0.3, -0.25) is 9.98 Å². The molecule has 33 heavy (non-hydrogen) atoms. The van der Waals surface area contributed by atoms with Crippen LogP contribution in [0.4, 0.5) is 15.9 Å². The van der Waals surface area contributed by atoms with E-state index in [1.807, 2.05) is 44.2 Å². The van der Waals surface area contributed by atoms with Gasteiger partial charge in [-0.15, -0.1) is 0 Å². The lowest BCUT2D eigenvalue weighted by Crippen LogP contribution is -2.06. The maximum atomic E-state index is 15.2. The SMILES string of the molecule is C=Nc1ccc(-c2ncnc(NCc3cnc(-c4ccnc(C)c4)nc3)c2F)cc1/C=C\C. The highest BCUT2D eigenvalue weighted by atomic mass is 19.1. The van der Waals surface area contributed by atoms with E-state index in [4.69, 9.17) is 0 Å². The van der Waals surface area contributed by atoms with Crippen LogP contribution in [0, 0.1) is 12.7 Å². The van der Waals surface area contributed by atoms with Crippen molar-refractivity contribution in [2.75, 3.05) is 5.32 Å². The fourth-order valence-corrected chi connectivity index (χ4v) is 3.32. The normalized spacial score (nSPS) is 11.0. The molecule has 4 rings (SSSR count). The van der Waals surface area contributed by atoms with Crippen molar-refractivity contribution < 1.29 is 4.39 Å². The molecular formula is C25H22FN7. The van der Waals surface area contributed by atoms with Crippen molar-refractivity contribution in [1.82, 2.24) is 24.9 Å². The average Bonchev–Trinajstić information content (AvgIpc) is 2.84. The molecule has 0 saturated heterocycles. The van der Waals surface area contributed by atoms with Gasteiger partial charge in [-0.25, -0.2) is 24.3 Å². The summed E-state index contributed by atoms with van der Waals surface area (Å²) in [5.74, 6) is 0.175. The molecule has 0 amide bonds. The summed E-state index contributed by atoms with van der Waals surface area (Å²) in [4.78, 5) is 25.2. The molecule has 8 heteroatoms. The van der Waals surface area contributed by atoms with E-state index in [0.717, 1.165) is 28.1 Å². The summed E-state index contributed by atoms with van der Waals surface area (Å²) in [6, 6.07) is 9.16. The number of benzene rings is 1. The van der Waals surface area contributed by atoms with Gasteiger partial charge in [0.2, 0.25) is 0 Å². The van der Waals surface area contributed by atoms with Crippen LogP contribution < -0.4 is 5.32 Å². The Labute approximate surface area is 191 Å². The Kier molecular flexibility index (Phi) is 6.54. The van der Waals surface area contributed by atoms with Gasteiger partial charge in [0.25, 0.3) is 0 Å². The first-order valence-electron chi connectivity index (χ1n) is 10.3. The number of pyridine rings is 1. The lowest BCUT2D eigenvalue weighted by molar-refractivity contribution is 0.621. The van der Waals surface area contributed by atoms with E-state index in [9.17, 15) is 0 Å². The van der Waals surface area contributed by atoms with Gasteiger partial charge < -0.3 is 5.32 Å². The smallest absolute Gasteiger partial charge is 0.191 e. The number of anilines is 1. The Hall–Kier alpha value is -4.33. The second kappa shape index (κ2) is 9.86. The van der Waals surface area contributed by atoms with Crippen LogP contribution in [-0.4, -0.2) is 31.6 Å². The summed E-state index contributed by atoms with van der Waals surface area (Å²) >= 11 is 0. The first kappa shape index (κ1) is 21.9. The van der Waals surface area contributed by atoms with Crippen molar-refractivity contribution in [3.63, 3.8) is 0 Å². The Morgan fingerprint density at radius 3 is 2.58 bits per heavy atom. The molecule has 0 aliphatic heterocycles. The van der Waals surface area contributed by atoms with Crippen molar-refractivity contribution in [1.29, 1.82) is 0 Å². The second-order valence-corrected chi connectivity index (χ2v) is 7.27. The number of rotatable bonds is 7. The van der Waals surface area contributed by atoms with Crippen molar-refractivity contribution in [2.45, 2.75) is 20.4 Å². The second-order valence-electron chi connectivity index (χ2n) is 7.27. The van der Waals surface area contributed by atoms with E-state index >= 15 is 4.39 Å². The van der Waals surface area contributed by atoms with Crippen LogP contribution in [0.5, 0.6) is 0 Å². The zero-order chi connectivity index (χ0) is 23.2. The molecule has 0 bridgehead atoms. The summed E-state index contributed by atoms with van der Waals surface area (Å²) in [5.41, 5.74) is 4.95. The molecule has 0 atom stereocenters. The predicted octanol–water partition coefficient (Wildman–Crippen LogP) is 5.42. The Morgan fingerprint density at radius 2 is 1.85 bits per heavy atom. The van der Waals surface area contributed by atoms with Crippen molar-refractivity contribution in [2.24, 2.45) is 4.99 Å². The van der Waals surface area contributed by atoms with Crippen molar-refractivity contribution >= 4 is 24.3 Å². The van der Waals surface area contributed by atoms with E-state index in [1.54, 1.807) is 30.7 Å². The van der Waals surface area contributed by atoms with Gasteiger partial charge in [-0.1, -0.05) is 18.2 Å². The fraction of sp³-hybridized carbons (Fsp3) is 0.120. The van der Waals surface area contributed by atoms with Gasteiger partial charge in [0.1, 0.15) is 12.0 Å². The molecule has 3 heterocycles. The van der Waals surface area contributed by atoms with Crippen LogP contribution >= 0.6 is 0 Å². The first-order chi connectivity index (χ1) is 16.1. The number of hydrogen-bond donors (Lipinski definition) is 1. The highest BCUT2D eigenvalue weighted by Gasteiger charge is 2.14. The maximum Gasteiger partial charge on any atom is 0.191 e. The fourth-order valence-electron chi connectivity index (χ4n) is 3.32. The van der Waals surface area contributed by atoms with Gasteiger partial charge >= 0.3 is 0 Å². The third kappa shape index (κ3) is 4.95. The van der Waals surface area contributed by atoms with E-state index < -0.39 is 5.82 Å². The van der Waals surface area contributed by atoms with Crippen LogP contribution in [0.25, 0.3) is 28.7 Å². The standard InChI is InChI=1S/C25H22FN7/c1-4-5-18-11-19(6-7-21(18)27-3)23-22(26)25(33-15-32-23)31-14-17-12-29-24(30-13-17)20-8-9-28-16(2)10-20/h4-13,15H,3,14H2,1-2H3,(H,31,32,33)/b5-4-. The topological polar surface area (TPSA) is 88.8 Å². The molecule has 3 aromatic heterocycles. The van der Waals surface area contributed by atoms with Crippen LogP contribution in [0.15, 0.2) is 66.3 Å². The molecule has 0 aliphatic rings. The summed E-state index contributed by atoms with van der Waals surface area (Å²) in [5, 5.41) is 3.01. The van der Waals surface area contributed by atoms with Crippen molar-refractivity contribution in [3.05, 3.63) is 84.0 Å². The summed E-state index contributed by atoms with van der Waals surface area (Å²) in [6.45, 7) is 7.71. The van der Waals surface area contributed by atoms with E-state index in [0.29, 0.717) is 17.9 Å². The minimum Gasteiger partial charge on any atom is -0.363 e. The Morgan fingerprint density at radius 1 is 1.03 bits per heavy atom. The number of hydrogen-bond acceptors (Lipinski definition) is 7. The van der Waals surface area contributed by atoms with Gasteiger partial charge in [0.15, 0.2) is 17.5 Å². The van der Waals surface area contributed by atoms with Gasteiger partial charge in [-0.2, -0.15) is 0 Å². The number of aryl methyl sites for hydroxylation is 1. The van der Waals surface area contributed by atoms with E-state index in [1.165, 1.54) is 6.33 Å². The van der Waals surface area contributed by atoms with Crippen LogP contribution in [0.2, 0.25) is 0 Å². The van der Waals surface area contributed by atoms with Gasteiger partial charge in [0, 0.05) is 53.1 Å². The highest BCUT2D eigenvalue weighted by Crippen LogP contribution is 2.30. The maximum absolute atomic E-state index is 15.2. The van der Waals surface area contributed by atoms with Crippen molar-refractivity contribution in [3.8, 4) is 22.6 Å². The number of aliphatic imine (C=N–C) groups is 1. The zero-order valence-corrected chi connectivity index (χ0v) is 18.3. The molecule has 1 N–H and O–H groups in total. The molecule has 1 aromatic carbocycles. The monoisotopic (exact) mass is 439 g/mol. The molecule has 0 saturated carbocycles. The summed E-state index contributed by atoms with van der Waals surface area (Å²) in [7, 11) is 0. The van der Waals surface area contributed by atoms with Crippen LogP contribution in [0.1, 0.15) is 23.7 Å².